The van der Waals surface area contributed by atoms with Crippen molar-refractivity contribution in [1.29, 1.82) is 0 Å². The molecule has 4 rings (SSSR count). The highest BCUT2D eigenvalue weighted by molar-refractivity contribution is 5.83. The molecule has 1 unspecified atom stereocenters. The fourth-order valence-electron chi connectivity index (χ4n) is 3.77. The molecule has 8 heteroatoms. The number of rotatable bonds is 7. The Morgan fingerprint density at radius 1 is 1.06 bits per heavy atom. The van der Waals surface area contributed by atoms with E-state index in [1.165, 1.54) is 18.3 Å². The summed E-state index contributed by atoms with van der Waals surface area (Å²) in [6.45, 7) is 4.23. The Morgan fingerprint density at radius 2 is 1.76 bits per heavy atom. The lowest BCUT2D eigenvalue weighted by atomic mass is 10.2. The summed E-state index contributed by atoms with van der Waals surface area (Å²) in [7, 11) is 0. The van der Waals surface area contributed by atoms with E-state index in [4.69, 9.17) is 9.15 Å². The summed E-state index contributed by atoms with van der Waals surface area (Å²) >= 11 is 0. The molecule has 0 aliphatic carbocycles. The molecule has 7 nitrogen and oxygen atoms in total. The largest absolute Gasteiger partial charge is 0.453 e. The van der Waals surface area contributed by atoms with E-state index in [-0.39, 0.29) is 24.6 Å². The Balaban J connectivity index is 1.22. The summed E-state index contributed by atoms with van der Waals surface area (Å²) in [6, 6.07) is 16.0. The van der Waals surface area contributed by atoms with Gasteiger partial charge in [-0.1, -0.05) is 18.2 Å². The zero-order chi connectivity index (χ0) is 23.2. The van der Waals surface area contributed by atoms with Crippen molar-refractivity contribution in [2.45, 2.75) is 25.9 Å². The molecule has 0 radical (unpaired) electrons. The van der Waals surface area contributed by atoms with Gasteiger partial charge in [-0.2, -0.15) is 0 Å². The first-order valence-electron chi connectivity index (χ1n) is 11.0. The number of oxazole rings is 1. The molecule has 0 N–H and O–H groups in total. The number of esters is 1. The minimum atomic E-state index is -0.847. The van der Waals surface area contributed by atoms with Gasteiger partial charge in [-0.05, 0) is 43.3 Å². The number of carbonyl (C=O) groups is 2. The van der Waals surface area contributed by atoms with Crippen LogP contribution in [0.1, 0.15) is 19.2 Å². The summed E-state index contributed by atoms with van der Waals surface area (Å²) in [5.41, 5.74) is 1.84. The highest BCUT2D eigenvalue weighted by Crippen LogP contribution is 2.21. The summed E-state index contributed by atoms with van der Waals surface area (Å²) < 4.78 is 24.0. The number of aromatic nitrogens is 1. The number of ether oxygens (including phenoxy) is 1. The molecule has 1 fully saturated rings. The van der Waals surface area contributed by atoms with Crippen molar-refractivity contribution >= 4 is 17.6 Å². The van der Waals surface area contributed by atoms with Crippen molar-refractivity contribution in [3.05, 3.63) is 72.5 Å². The molecule has 1 aliphatic rings. The third-order valence-electron chi connectivity index (χ3n) is 5.59. The van der Waals surface area contributed by atoms with Crippen LogP contribution < -0.4 is 4.90 Å². The molecule has 1 aliphatic heterocycles. The average molecular weight is 451 g/mol. The lowest BCUT2D eigenvalue weighted by Crippen LogP contribution is -2.51. The first kappa shape index (κ1) is 22.5. The van der Waals surface area contributed by atoms with Crippen molar-refractivity contribution in [2.75, 3.05) is 31.1 Å². The SMILES string of the molecule is CC(OC(=O)CCc1ncc(-c2ccc(F)cc2)o1)C(=O)N1CCN(c2ccccc2)CC1. The molecule has 0 spiro atoms. The average Bonchev–Trinajstić information content (AvgIpc) is 3.32. The molecule has 1 amide bonds. The maximum atomic E-state index is 13.1. The summed E-state index contributed by atoms with van der Waals surface area (Å²) in [5.74, 6) is -0.132. The normalized spacial score (nSPS) is 14.7. The van der Waals surface area contributed by atoms with Gasteiger partial charge in [0.25, 0.3) is 5.91 Å². The van der Waals surface area contributed by atoms with E-state index in [1.54, 1.807) is 24.0 Å². The van der Waals surface area contributed by atoms with Crippen LogP contribution in [0.2, 0.25) is 0 Å². The minimum absolute atomic E-state index is 0.0444. The highest BCUT2D eigenvalue weighted by atomic mass is 19.1. The molecule has 0 saturated carbocycles. The smallest absolute Gasteiger partial charge is 0.307 e. The zero-order valence-corrected chi connectivity index (χ0v) is 18.4. The van der Waals surface area contributed by atoms with Crippen molar-refractivity contribution in [3.8, 4) is 11.3 Å². The van der Waals surface area contributed by atoms with Gasteiger partial charge in [-0.3, -0.25) is 9.59 Å². The fraction of sp³-hybridized carbons (Fsp3) is 0.320. The number of hydrogen-bond donors (Lipinski definition) is 0. The molecule has 3 aromatic rings. The Bertz CT molecular complexity index is 1080. The number of anilines is 1. The molecule has 33 heavy (non-hydrogen) atoms. The van der Waals surface area contributed by atoms with Gasteiger partial charge in [0.15, 0.2) is 17.8 Å². The van der Waals surface area contributed by atoms with Crippen LogP contribution in [0.25, 0.3) is 11.3 Å². The van der Waals surface area contributed by atoms with E-state index < -0.39 is 12.1 Å². The lowest BCUT2D eigenvalue weighted by molar-refractivity contribution is -0.159. The molecule has 0 bridgehead atoms. The summed E-state index contributed by atoms with van der Waals surface area (Å²) in [6.07, 6.45) is 0.981. The van der Waals surface area contributed by atoms with Crippen molar-refractivity contribution in [1.82, 2.24) is 9.88 Å². The van der Waals surface area contributed by atoms with E-state index in [1.807, 2.05) is 18.2 Å². The first-order chi connectivity index (χ1) is 16.0. The molecule has 2 aromatic carbocycles. The molecule has 172 valence electrons. The number of piperazine rings is 1. The van der Waals surface area contributed by atoms with Crippen LogP contribution in [0.4, 0.5) is 10.1 Å². The van der Waals surface area contributed by atoms with Crippen molar-refractivity contribution in [2.24, 2.45) is 0 Å². The maximum absolute atomic E-state index is 13.1. The Hall–Kier alpha value is -3.68. The number of aryl methyl sites for hydroxylation is 1. The number of carbonyl (C=O) groups excluding carboxylic acids is 2. The standard InChI is InChI=1S/C25H26FN3O4/c1-18(25(31)29-15-13-28(14-16-29)21-5-3-2-4-6-21)32-24(30)12-11-23-27-17-22(33-23)19-7-9-20(26)10-8-19/h2-10,17-18H,11-16H2,1H3. The van der Waals surface area contributed by atoms with Gasteiger partial charge in [0.1, 0.15) is 5.82 Å². The van der Waals surface area contributed by atoms with Gasteiger partial charge in [-0.25, -0.2) is 9.37 Å². The molecule has 1 atom stereocenters. The van der Waals surface area contributed by atoms with Gasteiger partial charge in [0.05, 0.1) is 12.6 Å². The second-order valence-corrected chi connectivity index (χ2v) is 7.91. The van der Waals surface area contributed by atoms with Gasteiger partial charge in [0.2, 0.25) is 0 Å². The molecular weight excluding hydrogens is 425 g/mol. The molecular formula is C25H26FN3O4. The number of para-hydroxylation sites is 1. The minimum Gasteiger partial charge on any atom is -0.453 e. The van der Waals surface area contributed by atoms with E-state index in [2.05, 4.69) is 22.0 Å². The number of benzene rings is 2. The van der Waals surface area contributed by atoms with Crippen molar-refractivity contribution in [3.63, 3.8) is 0 Å². The summed E-state index contributed by atoms with van der Waals surface area (Å²) in [4.78, 5) is 33.1. The number of amides is 1. The predicted molar refractivity (Wildman–Crippen MR) is 121 cm³/mol. The van der Waals surface area contributed by atoms with Gasteiger partial charge >= 0.3 is 5.97 Å². The van der Waals surface area contributed by atoms with Gasteiger partial charge in [-0.15, -0.1) is 0 Å². The van der Waals surface area contributed by atoms with Crippen LogP contribution in [-0.4, -0.2) is 54.0 Å². The zero-order valence-electron chi connectivity index (χ0n) is 18.4. The maximum Gasteiger partial charge on any atom is 0.307 e. The lowest BCUT2D eigenvalue weighted by Gasteiger charge is -2.37. The highest BCUT2D eigenvalue weighted by Gasteiger charge is 2.27. The van der Waals surface area contributed by atoms with Crippen LogP contribution in [0.5, 0.6) is 0 Å². The number of halogens is 1. The topological polar surface area (TPSA) is 75.9 Å². The van der Waals surface area contributed by atoms with Crippen LogP contribution in [0.15, 0.2) is 65.2 Å². The van der Waals surface area contributed by atoms with E-state index in [0.29, 0.717) is 30.3 Å². The second kappa shape index (κ2) is 10.3. The van der Waals surface area contributed by atoms with E-state index >= 15 is 0 Å². The van der Waals surface area contributed by atoms with Gasteiger partial charge < -0.3 is 19.0 Å². The predicted octanol–water partition coefficient (Wildman–Crippen LogP) is 3.69. The molecule has 2 heterocycles. The van der Waals surface area contributed by atoms with E-state index in [0.717, 1.165) is 18.8 Å². The van der Waals surface area contributed by atoms with Crippen LogP contribution in [0.3, 0.4) is 0 Å². The second-order valence-electron chi connectivity index (χ2n) is 7.91. The van der Waals surface area contributed by atoms with Crippen molar-refractivity contribution < 1.29 is 23.1 Å². The molecule has 1 aromatic heterocycles. The monoisotopic (exact) mass is 451 g/mol. The van der Waals surface area contributed by atoms with Crippen LogP contribution in [0, 0.1) is 5.82 Å². The summed E-state index contributed by atoms with van der Waals surface area (Å²) in [5, 5.41) is 0. The Kier molecular flexibility index (Phi) is 7.02. The third-order valence-corrected chi connectivity index (χ3v) is 5.59. The van der Waals surface area contributed by atoms with Gasteiger partial charge in [0, 0.05) is 43.9 Å². The number of nitrogens with zero attached hydrogens (tertiary/aromatic N) is 3. The number of hydrogen-bond acceptors (Lipinski definition) is 6. The molecule has 1 saturated heterocycles. The van der Waals surface area contributed by atoms with Crippen LogP contribution in [-0.2, 0) is 20.7 Å². The Morgan fingerprint density at radius 3 is 2.45 bits per heavy atom. The fourth-order valence-corrected chi connectivity index (χ4v) is 3.77. The van der Waals surface area contributed by atoms with Crippen LogP contribution >= 0.6 is 0 Å². The third kappa shape index (κ3) is 5.77. The first-order valence-corrected chi connectivity index (χ1v) is 11.0. The Labute approximate surface area is 191 Å². The van der Waals surface area contributed by atoms with E-state index in [9.17, 15) is 14.0 Å². The quantitative estimate of drug-likeness (QED) is 0.510.